The standard InChI is InChI=1S/C14H17BN2O3/c1-14(2)8-19-15(20-9-14)10-4-5-11-12(6-10)17(3)13(18)7-16-11/h4-7H,8-9H2,1-3H3. The number of nitrogens with zero attached hydrogens (tertiary/aromatic N) is 2. The first-order valence-electron chi connectivity index (χ1n) is 6.65. The van der Waals surface area contributed by atoms with Crippen LogP contribution < -0.4 is 11.0 Å². The summed E-state index contributed by atoms with van der Waals surface area (Å²) in [4.78, 5) is 15.8. The third-order valence-electron chi connectivity index (χ3n) is 3.53. The molecule has 0 bridgehead atoms. The van der Waals surface area contributed by atoms with Crippen molar-refractivity contribution in [2.45, 2.75) is 13.8 Å². The van der Waals surface area contributed by atoms with E-state index in [1.165, 1.54) is 6.20 Å². The quantitative estimate of drug-likeness (QED) is 0.717. The number of aryl methyl sites for hydroxylation is 1. The molecule has 2 heterocycles. The number of benzene rings is 1. The molecule has 1 fully saturated rings. The summed E-state index contributed by atoms with van der Waals surface area (Å²) in [6, 6.07) is 5.73. The van der Waals surface area contributed by atoms with E-state index in [0.29, 0.717) is 13.2 Å². The fraction of sp³-hybridized carbons (Fsp3) is 0.429. The Hall–Kier alpha value is -1.66. The van der Waals surface area contributed by atoms with Crippen LogP contribution in [0.2, 0.25) is 0 Å². The van der Waals surface area contributed by atoms with Crippen LogP contribution >= 0.6 is 0 Å². The Bertz CT molecular complexity index is 701. The minimum atomic E-state index is -0.372. The molecule has 0 aliphatic carbocycles. The summed E-state index contributed by atoms with van der Waals surface area (Å²) in [6.07, 6.45) is 1.33. The lowest BCUT2D eigenvalue weighted by molar-refractivity contribution is 0.0343. The normalized spacial score (nSPS) is 18.4. The molecular formula is C14H17BN2O3. The van der Waals surface area contributed by atoms with Crippen LogP contribution in [-0.4, -0.2) is 29.9 Å². The Morgan fingerprint density at radius 2 is 2.00 bits per heavy atom. The van der Waals surface area contributed by atoms with Crippen LogP contribution in [0.25, 0.3) is 11.0 Å². The fourth-order valence-electron chi connectivity index (χ4n) is 2.28. The lowest BCUT2D eigenvalue weighted by Crippen LogP contribution is -2.47. The van der Waals surface area contributed by atoms with E-state index >= 15 is 0 Å². The van der Waals surface area contributed by atoms with Gasteiger partial charge in [0.15, 0.2) is 0 Å². The molecule has 20 heavy (non-hydrogen) atoms. The van der Waals surface area contributed by atoms with Crippen LogP contribution in [0.3, 0.4) is 0 Å². The third-order valence-corrected chi connectivity index (χ3v) is 3.53. The van der Waals surface area contributed by atoms with Gasteiger partial charge in [-0.25, -0.2) is 4.98 Å². The summed E-state index contributed by atoms with van der Waals surface area (Å²) in [7, 11) is 1.37. The van der Waals surface area contributed by atoms with Crippen molar-refractivity contribution in [3.63, 3.8) is 0 Å². The maximum absolute atomic E-state index is 11.6. The zero-order valence-corrected chi connectivity index (χ0v) is 11.9. The lowest BCUT2D eigenvalue weighted by Gasteiger charge is -2.33. The van der Waals surface area contributed by atoms with Crippen molar-refractivity contribution in [3.8, 4) is 0 Å². The average Bonchev–Trinajstić information content (AvgIpc) is 2.43. The predicted octanol–water partition coefficient (Wildman–Crippen LogP) is 0.702. The molecule has 1 aromatic carbocycles. The first-order valence-corrected chi connectivity index (χ1v) is 6.65. The zero-order valence-electron chi connectivity index (χ0n) is 11.9. The maximum atomic E-state index is 11.6. The zero-order chi connectivity index (χ0) is 14.3. The highest BCUT2D eigenvalue weighted by molar-refractivity contribution is 6.61. The molecule has 0 radical (unpaired) electrons. The molecule has 0 atom stereocenters. The van der Waals surface area contributed by atoms with E-state index in [1.54, 1.807) is 11.6 Å². The van der Waals surface area contributed by atoms with Crippen molar-refractivity contribution in [1.82, 2.24) is 9.55 Å². The summed E-state index contributed by atoms with van der Waals surface area (Å²) < 4.78 is 13.1. The van der Waals surface area contributed by atoms with Crippen LogP contribution in [0, 0.1) is 5.41 Å². The van der Waals surface area contributed by atoms with Gasteiger partial charge in [-0.3, -0.25) is 4.79 Å². The molecule has 0 amide bonds. The highest BCUT2D eigenvalue weighted by atomic mass is 16.6. The van der Waals surface area contributed by atoms with Gasteiger partial charge in [0, 0.05) is 25.7 Å². The number of fused-ring (bicyclic) bond motifs is 1. The van der Waals surface area contributed by atoms with Gasteiger partial charge in [0.2, 0.25) is 0 Å². The first kappa shape index (κ1) is 13.3. The SMILES string of the molecule is Cn1c(=O)cnc2ccc(B3OCC(C)(C)CO3)cc21. The molecule has 1 saturated heterocycles. The summed E-state index contributed by atoms with van der Waals surface area (Å²) in [5.74, 6) is 0. The molecule has 0 N–H and O–H groups in total. The second kappa shape index (κ2) is 4.72. The lowest BCUT2D eigenvalue weighted by atomic mass is 9.76. The molecule has 3 rings (SSSR count). The minimum Gasteiger partial charge on any atom is -0.407 e. The monoisotopic (exact) mass is 272 g/mol. The van der Waals surface area contributed by atoms with Gasteiger partial charge in [-0.15, -0.1) is 0 Å². The van der Waals surface area contributed by atoms with Gasteiger partial charge < -0.3 is 13.9 Å². The topological polar surface area (TPSA) is 53.4 Å². The Balaban J connectivity index is 1.97. The smallest absolute Gasteiger partial charge is 0.407 e. The number of aromatic nitrogens is 2. The van der Waals surface area contributed by atoms with E-state index < -0.39 is 0 Å². The molecule has 5 nitrogen and oxygen atoms in total. The van der Waals surface area contributed by atoms with Crippen molar-refractivity contribution < 1.29 is 9.31 Å². The van der Waals surface area contributed by atoms with Crippen molar-refractivity contribution in [2.24, 2.45) is 12.5 Å². The van der Waals surface area contributed by atoms with Crippen molar-refractivity contribution >= 4 is 23.6 Å². The van der Waals surface area contributed by atoms with Crippen LogP contribution in [0.15, 0.2) is 29.2 Å². The number of hydrogen-bond donors (Lipinski definition) is 0. The van der Waals surface area contributed by atoms with Gasteiger partial charge in [0.05, 0.1) is 17.2 Å². The summed E-state index contributed by atoms with van der Waals surface area (Å²) in [5.41, 5.74) is 2.40. The van der Waals surface area contributed by atoms with Gasteiger partial charge in [0.25, 0.3) is 5.56 Å². The van der Waals surface area contributed by atoms with E-state index in [9.17, 15) is 4.79 Å². The van der Waals surface area contributed by atoms with E-state index in [4.69, 9.17) is 9.31 Å². The molecule has 1 aliphatic heterocycles. The molecule has 0 unspecified atom stereocenters. The maximum Gasteiger partial charge on any atom is 0.493 e. The van der Waals surface area contributed by atoms with Crippen molar-refractivity contribution in [3.05, 3.63) is 34.7 Å². The predicted molar refractivity (Wildman–Crippen MR) is 78.1 cm³/mol. The van der Waals surface area contributed by atoms with Crippen molar-refractivity contribution in [2.75, 3.05) is 13.2 Å². The molecule has 0 spiro atoms. The van der Waals surface area contributed by atoms with E-state index in [-0.39, 0.29) is 18.1 Å². The average molecular weight is 272 g/mol. The summed E-state index contributed by atoms with van der Waals surface area (Å²) in [6.45, 7) is 5.53. The van der Waals surface area contributed by atoms with Gasteiger partial charge in [-0.2, -0.15) is 0 Å². The van der Waals surface area contributed by atoms with Crippen LogP contribution in [0.4, 0.5) is 0 Å². The molecule has 1 aromatic heterocycles. The van der Waals surface area contributed by atoms with Gasteiger partial charge in [-0.1, -0.05) is 19.9 Å². The highest BCUT2D eigenvalue weighted by Crippen LogP contribution is 2.21. The molecular weight excluding hydrogens is 255 g/mol. The third kappa shape index (κ3) is 2.36. The van der Waals surface area contributed by atoms with Gasteiger partial charge in [-0.05, 0) is 17.6 Å². The van der Waals surface area contributed by atoms with Crippen LogP contribution in [0.1, 0.15) is 13.8 Å². The molecule has 104 valence electrons. The molecule has 2 aromatic rings. The Kier molecular flexibility index (Phi) is 3.14. The second-order valence-electron chi connectivity index (χ2n) is 6.02. The summed E-state index contributed by atoms with van der Waals surface area (Å²) in [5, 5.41) is 0. The van der Waals surface area contributed by atoms with Crippen LogP contribution in [0.5, 0.6) is 0 Å². The fourth-order valence-corrected chi connectivity index (χ4v) is 2.28. The molecule has 6 heteroatoms. The Morgan fingerprint density at radius 3 is 2.70 bits per heavy atom. The first-order chi connectivity index (χ1) is 9.46. The highest BCUT2D eigenvalue weighted by Gasteiger charge is 2.33. The molecule has 1 aliphatic rings. The number of hydrogen-bond acceptors (Lipinski definition) is 4. The Labute approximate surface area is 117 Å². The van der Waals surface area contributed by atoms with E-state index in [2.05, 4.69) is 18.8 Å². The minimum absolute atomic E-state index is 0.0434. The number of rotatable bonds is 1. The van der Waals surface area contributed by atoms with E-state index in [0.717, 1.165) is 16.5 Å². The Morgan fingerprint density at radius 1 is 1.30 bits per heavy atom. The van der Waals surface area contributed by atoms with Crippen molar-refractivity contribution in [1.29, 1.82) is 0 Å². The van der Waals surface area contributed by atoms with Gasteiger partial charge >= 0.3 is 7.12 Å². The van der Waals surface area contributed by atoms with Crippen LogP contribution in [-0.2, 0) is 16.4 Å². The second-order valence-corrected chi connectivity index (χ2v) is 6.02. The van der Waals surface area contributed by atoms with E-state index in [1.807, 2.05) is 18.2 Å². The molecule has 0 saturated carbocycles. The largest absolute Gasteiger partial charge is 0.493 e. The van der Waals surface area contributed by atoms with Gasteiger partial charge in [0.1, 0.15) is 0 Å². The summed E-state index contributed by atoms with van der Waals surface area (Å²) >= 11 is 0.